The average Bonchev–Trinajstić information content (AvgIpc) is 2.67. The normalized spacial score (nSPS) is 10.2. The second-order valence-electron chi connectivity index (χ2n) is 6.57. The molecule has 0 atom stereocenters. The first-order valence-corrected chi connectivity index (χ1v) is 8.93. The van der Waals surface area contributed by atoms with Crippen molar-refractivity contribution in [3.8, 4) is 0 Å². The Labute approximate surface area is 164 Å². The molecular weight excluding hydrogens is 350 g/mol. The number of benzene rings is 2. The number of amides is 1. The Morgan fingerprint density at radius 3 is 2.57 bits per heavy atom. The molecule has 0 aliphatic rings. The molecular formula is C22H23N5O. The lowest BCUT2D eigenvalue weighted by Crippen LogP contribution is -2.08. The maximum atomic E-state index is 11.5. The van der Waals surface area contributed by atoms with Gasteiger partial charge in [0.05, 0.1) is 0 Å². The molecule has 0 radical (unpaired) electrons. The van der Waals surface area contributed by atoms with E-state index in [2.05, 4.69) is 38.6 Å². The number of nitrogens with one attached hydrogen (secondary N) is 3. The molecule has 0 unspecified atom stereocenters. The zero-order valence-corrected chi connectivity index (χ0v) is 16.2. The third-order valence-corrected chi connectivity index (χ3v) is 4.19. The van der Waals surface area contributed by atoms with Gasteiger partial charge in [0.15, 0.2) is 0 Å². The van der Waals surface area contributed by atoms with Crippen molar-refractivity contribution < 1.29 is 4.79 Å². The quantitative estimate of drug-likeness (QED) is 0.529. The summed E-state index contributed by atoms with van der Waals surface area (Å²) in [5.74, 6) is 0.943. The first kappa shape index (κ1) is 19.1. The fourth-order valence-corrected chi connectivity index (χ4v) is 2.64. The van der Waals surface area contributed by atoms with Crippen LogP contribution in [0.3, 0.4) is 0 Å². The van der Waals surface area contributed by atoms with Gasteiger partial charge in [-0.1, -0.05) is 24.8 Å². The van der Waals surface area contributed by atoms with Gasteiger partial charge in [0.25, 0.3) is 0 Å². The molecule has 0 bridgehead atoms. The van der Waals surface area contributed by atoms with Gasteiger partial charge in [-0.05, 0) is 62.2 Å². The van der Waals surface area contributed by atoms with Crippen molar-refractivity contribution in [2.45, 2.75) is 20.8 Å². The number of carbonyl (C=O) groups excluding carboxylic acids is 1. The van der Waals surface area contributed by atoms with Gasteiger partial charge in [-0.25, -0.2) is 4.98 Å². The first-order chi connectivity index (χ1) is 13.4. The Balaban J connectivity index is 1.84. The average molecular weight is 373 g/mol. The lowest BCUT2D eigenvalue weighted by Gasteiger charge is -2.13. The Bertz CT molecular complexity index is 1030. The molecule has 3 aromatic rings. The first-order valence-electron chi connectivity index (χ1n) is 8.93. The van der Waals surface area contributed by atoms with Crippen LogP contribution in [0.25, 0.3) is 0 Å². The van der Waals surface area contributed by atoms with E-state index in [0.29, 0.717) is 11.6 Å². The molecule has 6 heteroatoms. The molecule has 0 fully saturated rings. The standard InChI is InChI=1S/C22H23N5O/c1-5-20(28)24-18-10-9-15(3)19(12-18)26-22-23-13-16(4)21(27-22)25-17-8-6-7-14(2)11-17/h5-13H,1H2,2-4H3,(H,24,28)(H2,23,25,26,27). The Kier molecular flexibility index (Phi) is 5.69. The summed E-state index contributed by atoms with van der Waals surface area (Å²) in [6.45, 7) is 9.45. The van der Waals surface area contributed by atoms with Gasteiger partial charge in [-0.3, -0.25) is 4.79 Å². The molecule has 28 heavy (non-hydrogen) atoms. The summed E-state index contributed by atoms with van der Waals surface area (Å²) >= 11 is 0. The molecule has 0 saturated heterocycles. The van der Waals surface area contributed by atoms with Gasteiger partial charge in [0, 0.05) is 28.8 Å². The van der Waals surface area contributed by atoms with E-state index in [9.17, 15) is 4.79 Å². The molecule has 3 N–H and O–H groups in total. The largest absolute Gasteiger partial charge is 0.340 e. The van der Waals surface area contributed by atoms with E-state index in [4.69, 9.17) is 0 Å². The molecule has 0 spiro atoms. The summed E-state index contributed by atoms with van der Waals surface area (Å²) < 4.78 is 0. The minimum absolute atomic E-state index is 0.258. The van der Waals surface area contributed by atoms with Crippen LogP contribution in [0.4, 0.5) is 28.8 Å². The topological polar surface area (TPSA) is 78.9 Å². The third kappa shape index (κ3) is 4.73. The van der Waals surface area contributed by atoms with Crippen LogP contribution in [0.15, 0.2) is 61.3 Å². The molecule has 142 valence electrons. The second kappa shape index (κ2) is 8.35. The van der Waals surface area contributed by atoms with E-state index in [1.165, 1.54) is 11.6 Å². The zero-order chi connectivity index (χ0) is 20.1. The minimum Gasteiger partial charge on any atom is -0.340 e. The summed E-state index contributed by atoms with van der Waals surface area (Å²) in [5, 5.41) is 9.32. The van der Waals surface area contributed by atoms with E-state index < -0.39 is 0 Å². The second-order valence-corrected chi connectivity index (χ2v) is 6.57. The maximum Gasteiger partial charge on any atom is 0.247 e. The zero-order valence-electron chi connectivity index (χ0n) is 16.2. The van der Waals surface area contributed by atoms with Crippen molar-refractivity contribution in [2.75, 3.05) is 16.0 Å². The van der Waals surface area contributed by atoms with Crippen molar-refractivity contribution in [1.29, 1.82) is 0 Å². The van der Waals surface area contributed by atoms with Crippen LogP contribution in [0.1, 0.15) is 16.7 Å². The molecule has 1 heterocycles. The number of carbonyl (C=O) groups is 1. The number of aryl methyl sites for hydroxylation is 3. The highest BCUT2D eigenvalue weighted by Gasteiger charge is 2.08. The number of hydrogen-bond acceptors (Lipinski definition) is 5. The number of aromatic nitrogens is 2. The fourth-order valence-electron chi connectivity index (χ4n) is 2.64. The Morgan fingerprint density at radius 1 is 1.00 bits per heavy atom. The maximum absolute atomic E-state index is 11.5. The molecule has 2 aromatic carbocycles. The molecule has 1 aromatic heterocycles. The van der Waals surface area contributed by atoms with Crippen LogP contribution < -0.4 is 16.0 Å². The highest BCUT2D eigenvalue weighted by molar-refractivity contribution is 5.99. The van der Waals surface area contributed by atoms with Crippen molar-refractivity contribution >= 4 is 34.7 Å². The van der Waals surface area contributed by atoms with E-state index >= 15 is 0 Å². The highest BCUT2D eigenvalue weighted by Crippen LogP contribution is 2.25. The van der Waals surface area contributed by atoms with Gasteiger partial charge in [0.2, 0.25) is 11.9 Å². The summed E-state index contributed by atoms with van der Waals surface area (Å²) in [5.41, 5.74) is 5.57. The predicted octanol–water partition coefficient (Wildman–Crippen LogP) is 5.01. The van der Waals surface area contributed by atoms with Gasteiger partial charge < -0.3 is 16.0 Å². The third-order valence-electron chi connectivity index (χ3n) is 4.19. The molecule has 0 saturated carbocycles. The van der Waals surface area contributed by atoms with Gasteiger partial charge in [0.1, 0.15) is 5.82 Å². The van der Waals surface area contributed by atoms with Crippen molar-refractivity contribution in [1.82, 2.24) is 9.97 Å². The van der Waals surface area contributed by atoms with Crippen LogP contribution in [-0.2, 0) is 4.79 Å². The lowest BCUT2D eigenvalue weighted by molar-refractivity contribution is -0.111. The number of nitrogens with zero attached hydrogens (tertiary/aromatic N) is 2. The van der Waals surface area contributed by atoms with Crippen molar-refractivity contribution in [3.63, 3.8) is 0 Å². The molecule has 6 nitrogen and oxygen atoms in total. The summed E-state index contributed by atoms with van der Waals surface area (Å²) in [4.78, 5) is 20.5. The number of anilines is 5. The van der Waals surface area contributed by atoms with Crippen LogP contribution in [0.2, 0.25) is 0 Å². The van der Waals surface area contributed by atoms with Gasteiger partial charge in [-0.2, -0.15) is 4.98 Å². The minimum atomic E-state index is -0.258. The van der Waals surface area contributed by atoms with Crippen molar-refractivity contribution in [2.24, 2.45) is 0 Å². The van der Waals surface area contributed by atoms with Gasteiger partial charge >= 0.3 is 0 Å². The smallest absolute Gasteiger partial charge is 0.247 e. The Hall–Kier alpha value is -3.67. The Morgan fingerprint density at radius 2 is 1.82 bits per heavy atom. The summed E-state index contributed by atoms with van der Waals surface area (Å²) in [6.07, 6.45) is 3.01. The predicted molar refractivity (Wildman–Crippen MR) is 115 cm³/mol. The monoisotopic (exact) mass is 373 g/mol. The fraction of sp³-hybridized carbons (Fsp3) is 0.136. The van der Waals surface area contributed by atoms with E-state index in [1.54, 1.807) is 6.20 Å². The van der Waals surface area contributed by atoms with E-state index in [1.807, 2.05) is 57.2 Å². The van der Waals surface area contributed by atoms with Gasteiger partial charge in [-0.15, -0.1) is 0 Å². The van der Waals surface area contributed by atoms with Crippen LogP contribution >= 0.6 is 0 Å². The van der Waals surface area contributed by atoms with Crippen LogP contribution in [-0.4, -0.2) is 15.9 Å². The molecule has 0 aliphatic heterocycles. The van der Waals surface area contributed by atoms with Crippen molar-refractivity contribution in [3.05, 3.63) is 78.0 Å². The molecule has 1 amide bonds. The SMILES string of the molecule is C=CC(=O)Nc1ccc(C)c(Nc2ncc(C)c(Nc3cccc(C)c3)n2)c1. The van der Waals surface area contributed by atoms with E-state index in [-0.39, 0.29) is 5.91 Å². The highest BCUT2D eigenvalue weighted by atomic mass is 16.1. The summed E-state index contributed by atoms with van der Waals surface area (Å²) in [6, 6.07) is 13.7. The summed E-state index contributed by atoms with van der Waals surface area (Å²) in [7, 11) is 0. The number of hydrogen-bond donors (Lipinski definition) is 3. The molecule has 3 rings (SSSR count). The lowest BCUT2D eigenvalue weighted by atomic mass is 10.2. The molecule has 0 aliphatic carbocycles. The van der Waals surface area contributed by atoms with Crippen LogP contribution in [0.5, 0.6) is 0 Å². The number of rotatable bonds is 6. The van der Waals surface area contributed by atoms with E-state index in [0.717, 1.165) is 28.3 Å². The van der Waals surface area contributed by atoms with Crippen LogP contribution in [0, 0.1) is 20.8 Å².